The molecule has 0 aromatic rings. The van der Waals surface area contributed by atoms with Crippen molar-refractivity contribution in [2.45, 2.75) is 33.6 Å². The van der Waals surface area contributed by atoms with Crippen LogP contribution in [0.1, 0.15) is 33.6 Å². The number of allylic oxidation sites excluding steroid dienone is 4. The Morgan fingerprint density at radius 1 is 1.35 bits per heavy atom. The third kappa shape index (κ3) is 6.95. The quantitative estimate of drug-likeness (QED) is 0.404. The van der Waals surface area contributed by atoms with Crippen LogP contribution in [0.5, 0.6) is 0 Å². The molecule has 0 saturated heterocycles. The van der Waals surface area contributed by atoms with Crippen LogP contribution in [0.3, 0.4) is 0 Å². The highest BCUT2D eigenvalue weighted by molar-refractivity contribution is 8.03. The second kappa shape index (κ2) is 7.28. The Balaban J connectivity index is 4.72. The fourth-order valence-corrected chi connectivity index (χ4v) is 1.24. The first kappa shape index (κ1) is 15.9. The monoisotopic (exact) mass is 253 g/mol. The smallest absolute Gasteiger partial charge is 0.0583 e. The van der Waals surface area contributed by atoms with E-state index in [2.05, 4.69) is 24.4 Å². The fraction of sp³-hybridized carbons (Fsp3) is 0.429. The summed E-state index contributed by atoms with van der Waals surface area (Å²) in [6.07, 6.45) is 9.26. The molecular formula is C14H23NOS. The minimum atomic E-state index is -2.10. The van der Waals surface area contributed by atoms with E-state index >= 15 is 0 Å². The van der Waals surface area contributed by atoms with Gasteiger partial charge in [0.05, 0.1) is 5.70 Å². The van der Waals surface area contributed by atoms with Crippen molar-refractivity contribution in [3.63, 3.8) is 0 Å². The number of aliphatic imine (C=N–C) groups is 1. The Morgan fingerprint density at radius 2 is 1.94 bits per heavy atom. The molecule has 1 unspecified atom stereocenters. The van der Waals surface area contributed by atoms with Crippen LogP contribution in [-0.4, -0.2) is 22.5 Å². The molecule has 0 aromatic carbocycles. The molecule has 0 aliphatic carbocycles. The summed E-state index contributed by atoms with van der Waals surface area (Å²) in [5, 5.41) is 0. The summed E-state index contributed by atoms with van der Waals surface area (Å²) in [5.74, 6) is 3.63. The Labute approximate surface area is 106 Å². The molecule has 2 nitrogen and oxygen atoms in total. The molecule has 0 aliphatic rings. The average Bonchev–Trinajstić information content (AvgIpc) is 2.24. The SMILES string of the molecule is C=C(N=CCCC)C(C)=C/C=C(\C)S(=C)(C)=O. The Hall–Kier alpha value is -1.09. The zero-order valence-corrected chi connectivity index (χ0v) is 12.1. The Morgan fingerprint density at radius 3 is 2.41 bits per heavy atom. The molecule has 0 aliphatic heterocycles. The lowest BCUT2D eigenvalue weighted by molar-refractivity contribution is 0.688. The molecule has 0 bridgehead atoms. The molecule has 0 rings (SSSR count). The lowest BCUT2D eigenvalue weighted by Gasteiger charge is -2.01. The predicted molar refractivity (Wildman–Crippen MR) is 81.2 cm³/mol. The van der Waals surface area contributed by atoms with E-state index in [0.717, 1.165) is 29.0 Å². The second-order valence-corrected chi connectivity index (χ2v) is 6.83. The van der Waals surface area contributed by atoms with Crippen molar-refractivity contribution in [1.82, 2.24) is 0 Å². The van der Waals surface area contributed by atoms with Crippen LogP contribution in [0.25, 0.3) is 0 Å². The average molecular weight is 253 g/mol. The van der Waals surface area contributed by atoms with Gasteiger partial charge in [-0.3, -0.25) is 9.20 Å². The standard InChI is InChI=1S/C14H23NOS/c1-7-8-11-15-14(4)12(2)9-10-13(3)17(5,6)16/h9-11H,4-5,7-8H2,1-3,6H3/b12-9?,13-10+,15-11?. The molecule has 1 atom stereocenters. The first-order chi connectivity index (χ1) is 7.79. The van der Waals surface area contributed by atoms with Crippen LogP contribution < -0.4 is 0 Å². The number of rotatable bonds is 6. The summed E-state index contributed by atoms with van der Waals surface area (Å²) in [5.41, 5.74) is 1.72. The molecule has 0 spiro atoms. The van der Waals surface area contributed by atoms with Gasteiger partial charge >= 0.3 is 0 Å². The van der Waals surface area contributed by atoms with E-state index in [1.54, 1.807) is 6.26 Å². The molecule has 0 aromatic heterocycles. The Kier molecular flexibility index (Phi) is 6.81. The minimum Gasteiger partial charge on any atom is -0.264 e. The third-order valence-corrected chi connectivity index (χ3v) is 3.87. The van der Waals surface area contributed by atoms with Crippen molar-refractivity contribution in [3.05, 3.63) is 34.9 Å². The van der Waals surface area contributed by atoms with Crippen LogP contribution in [-0.2, 0) is 9.52 Å². The van der Waals surface area contributed by atoms with Crippen molar-refractivity contribution < 1.29 is 4.21 Å². The van der Waals surface area contributed by atoms with E-state index in [9.17, 15) is 4.21 Å². The van der Waals surface area contributed by atoms with Crippen LogP contribution in [0.15, 0.2) is 39.9 Å². The largest absolute Gasteiger partial charge is 0.264 e. The molecule has 0 amide bonds. The summed E-state index contributed by atoms with van der Waals surface area (Å²) in [4.78, 5) is 5.03. The summed E-state index contributed by atoms with van der Waals surface area (Å²) in [6, 6.07) is 0. The highest BCUT2D eigenvalue weighted by Crippen LogP contribution is 2.10. The second-order valence-electron chi connectivity index (χ2n) is 4.18. The molecule has 0 N–H and O–H groups in total. The summed E-state index contributed by atoms with van der Waals surface area (Å²) >= 11 is 0. The van der Waals surface area contributed by atoms with Crippen molar-refractivity contribution in [1.29, 1.82) is 0 Å². The number of nitrogens with zero attached hydrogens (tertiary/aromatic N) is 1. The highest BCUT2D eigenvalue weighted by Gasteiger charge is 1.97. The topological polar surface area (TPSA) is 29.4 Å². The van der Waals surface area contributed by atoms with Crippen LogP contribution >= 0.6 is 0 Å². The van der Waals surface area contributed by atoms with Crippen molar-refractivity contribution in [2.24, 2.45) is 4.99 Å². The van der Waals surface area contributed by atoms with Crippen molar-refractivity contribution >= 4 is 21.6 Å². The molecule has 0 heterocycles. The molecule has 0 radical (unpaired) electrons. The number of hydrogen-bond donors (Lipinski definition) is 0. The fourth-order valence-electron chi connectivity index (χ4n) is 0.888. The molecule has 0 fully saturated rings. The summed E-state index contributed by atoms with van der Waals surface area (Å²) in [7, 11) is -2.10. The van der Waals surface area contributed by atoms with Gasteiger partial charge in [-0.05, 0) is 41.2 Å². The zero-order chi connectivity index (χ0) is 13.5. The van der Waals surface area contributed by atoms with E-state index in [1.165, 1.54) is 0 Å². The van der Waals surface area contributed by atoms with Gasteiger partial charge in [0.2, 0.25) is 0 Å². The normalized spacial score (nSPS) is 17.2. The molecule has 96 valence electrons. The van der Waals surface area contributed by atoms with Crippen LogP contribution in [0.2, 0.25) is 0 Å². The number of unbranched alkanes of at least 4 members (excludes halogenated alkanes) is 1. The van der Waals surface area contributed by atoms with Gasteiger partial charge < -0.3 is 0 Å². The van der Waals surface area contributed by atoms with E-state index in [4.69, 9.17) is 0 Å². The van der Waals surface area contributed by atoms with Gasteiger partial charge in [0.15, 0.2) is 0 Å². The summed E-state index contributed by atoms with van der Waals surface area (Å²) in [6.45, 7) is 9.75. The van der Waals surface area contributed by atoms with Gasteiger partial charge in [-0.15, -0.1) is 0 Å². The molecule has 3 heteroatoms. The maximum absolute atomic E-state index is 11.6. The number of hydrogen-bond acceptors (Lipinski definition) is 2. The predicted octanol–water partition coefficient (Wildman–Crippen LogP) is 3.57. The minimum absolute atomic E-state index is 0.745. The first-order valence-corrected chi connectivity index (χ1v) is 7.81. The molecule has 0 saturated carbocycles. The molecular weight excluding hydrogens is 230 g/mol. The van der Waals surface area contributed by atoms with Crippen LogP contribution in [0.4, 0.5) is 0 Å². The first-order valence-electron chi connectivity index (χ1n) is 5.68. The summed E-state index contributed by atoms with van der Waals surface area (Å²) < 4.78 is 11.6. The van der Waals surface area contributed by atoms with Gasteiger partial charge in [-0.2, -0.15) is 0 Å². The van der Waals surface area contributed by atoms with Gasteiger partial charge in [0.1, 0.15) is 0 Å². The van der Waals surface area contributed by atoms with E-state index in [1.807, 2.05) is 32.2 Å². The van der Waals surface area contributed by atoms with E-state index in [-0.39, 0.29) is 0 Å². The third-order valence-electron chi connectivity index (χ3n) is 2.37. The lowest BCUT2D eigenvalue weighted by atomic mass is 10.2. The highest BCUT2D eigenvalue weighted by atomic mass is 32.2. The van der Waals surface area contributed by atoms with Gasteiger partial charge in [-0.1, -0.05) is 32.1 Å². The lowest BCUT2D eigenvalue weighted by Crippen LogP contribution is -1.95. The van der Waals surface area contributed by atoms with Crippen LogP contribution in [0, 0.1) is 0 Å². The van der Waals surface area contributed by atoms with Crippen molar-refractivity contribution in [2.75, 3.05) is 6.26 Å². The van der Waals surface area contributed by atoms with Gasteiger partial charge in [0.25, 0.3) is 0 Å². The maximum atomic E-state index is 11.6. The van der Waals surface area contributed by atoms with Gasteiger partial charge in [0, 0.05) is 17.4 Å². The van der Waals surface area contributed by atoms with Crippen molar-refractivity contribution in [3.8, 4) is 0 Å². The Bertz CT molecular complexity index is 451. The van der Waals surface area contributed by atoms with E-state index in [0.29, 0.717) is 0 Å². The van der Waals surface area contributed by atoms with E-state index < -0.39 is 9.52 Å². The maximum Gasteiger partial charge on any atom is 0.0583 e. The van der Waals surface area contributed by atoms with Gasteiger partial charge in [-0.25, -0.2) is 0 Å². The zero-order valence-electron chi connectivity index (χ0n) is 11.3. The molecule has 17 heavy (non-hydrogen) atoms.